The number of nitrogens with zero attached hydrogens (tertiary/aromatic N) is 1. The molecule has 1 aliphatic carbocycles. The molecule has 1 heterocycles. The van der Waals surface area contributed by atoms with Gasteiger partial charge in [-0.25, -0.2) is 4.39 Å². The standard InChI is InChI=1S/C11H15FN2/c1-13-11-3-2-8(5-11)9-4-10(12)7-14-6-9/h4,6-8,11,13H,2-3,5H2,1H3. The normalized spacial score (nSPS) is 26.7. The minimum absolute atomic E-state index is 0.226. The molecule has 1 aliphatic rings. The van der Waals surface area contributed by atoms with Gasteiger partial charge in [-0.05, 0) is 43.9 Å². The summed E-state index contributed by atoms with van der Waals surface area (Å²) < 4.78 is 12.9. The van der Waals surface area contributed by atoms with Crippen molar-refractivity contribution in [3.63, 3.8) is 0 Å². The van der Waals surface area contributed by atoms with Crippen molar-refractivity contribution in [3.8, 4) is 0 Å². The minimum atomic E-state index is -0.226. The van der Waals surface area contributed by atoms with Gasteiger partial charge in [0.1, 0.15) is 5.82 Å². The van der Waals surface area contributed by atoms with Gasteiger partial charge in [-0.15, -0.1) is 0 Å². The number of hydrogen-bond acceptors (Lipinski definition) is 2. The van der Waals surface area contributed by atoms with Gasteiger partial charge in [0.2, 0.25) is 0 Å². The molecule has 2 unspecified atom stereocenters. The van der Waals surface area contributed by atoms with E-state index in [1.807, 2.05) is 7.05 Å². The van der Waals surface area contributed by atoms with Crippen LogP contribution < -0.4 is 5.32 Å². The Morgan fingerprint density at radius 1 is 1.43 bits per heavy atom. The summed E-state index contributed by atoms with van der Waals surface area (Å²) in [5.74, 6) is 0.256. The number of pyridine rings is 1. The lowest BCUT2D eigenvalue weighted by Gasteiger charge is -2.10. The van der Waals surface area contributed by atoms with Crippen molar-refractivity contribution in [3.05, 3.63) is 29.8 Å². The second kappa shape index (κ2) is 4.05. The number of nitrogens with one attached hydrogen (secondary N) is 1. The van der Waals surface area contributed by atoms with Crippen LogP contribution in [0.3, 0.4) is 0 Å². The molecule has 3 heteroatoms. The fraction of sp³-hybridized carbons (Fsp3) is 0.545. The molecule has 14 heavy (non-hydrogen) atoms. The Bertz CT molecular complexity index is 314. The molecular weight excluding hydrogens is 179 g/mol. The number of halogens is 1. The Morgan fingerprint density at radius 3 is 2.93 bits per heavy atom. The van der Waals surface area contributed by atoms with Crippen molar-refractivity contribution in [1.82, 2.24) is 10.3 Å². The first-order chi connectivity index (χ1) is 6.79. The van der Waals surface area contributed by atoms with Crippen LogP contribution in [0.5, 0.6) is 0 Å². The van der Waals surface area contributed by atoms with Crippen LogP contribution in [-0.4, -0.2) is 18.1 Å². The molecule has 0 aromatic carbocycles. The van der Waals surface area contributed by atoms with Gasteiger partial charge in [0.25, 0.3) is 0 Å². The molecule has 0 bridgehead atoms. The summed E-state index contributed by atoms with van der Waals surface area (Å²) in [5, 5.41) is 3.26. The van der Waals surface area contributed by atoms with Crippen molar-refractivity contribution < 1.29 is 4.39 Å². The minimum Gasteiger partial charge on any atom is -0.317 e. The maximum Gasteiger partial charge on any atom is 0.141 e. The smallest absolute Gasteiger partial charge is 0.141 e. The van der Waals surface area contributed by atoms with Gasteiger partial charge in [-0.1, -0.05) is 0 Å². The fourth-order valence-corrected chi connectivity index (χ4v) is 2.20. The van der Waals surface area contributed by atoms with E-state index in [1.54, 1.807) is 12.3 Å². The first-order valence-corrected chi connectivity index (χ1v) is 5.07. The summed E-state index contributed by atoms with van der Waals surface area (Å²) in [6, 6.07) is 2.19. The fourth-order valence-electron chi connectivity index (χ4n) is 2.20. The second-order valence-electron chi connectivity index (χ2n) is 3.93. The molecule has 1 aromatic heterocycles. The van der Waals surface area contributed by atoms with Crippen LogP contribution in [0.2, 0.25) is 0 Å². The van der Waals surface area contributed by atoms with E-state index in [0.717, 1.165) is 18.4 Å². The van der Waals surface area contributed by atoms with E-state index >= 15 is 0 Å². The van der Waals surface area contributed by atoms with Gasteiger partial charge in [-0.3, -0.25) is 4.98 Å². The van der Waals surface area contributed by atoms with E-state index in [0.29, 0.717) is 12.0 Å². The van der Waals surface area contributed by atoms with E-state index in [1.165, 1.54) is 12.6 Å². The quantitative estimate of drug-likeness (QED) is 0.779. The third-order valence-corrected chi connectivity index (χ3v) is 3.04. The summed E-state index contributed by atoms with van der Waals surface area (Å²) in [6.45, 7) is 0. The molecule has 2 atom stereocenters. The third kappa shape index (κ3) is 1.93. The summed E-state index contributed by atoms with van der Waals surface area (Å²) in [7, 11) is 1.98. The van der Waals surface area contributed by atoms with E-state index in [-0.39, 0.29) is 5.82 Å². The van der Waals surface area contributed by atoms with E-state index in [9.17, 15) is 4.39 Å². The number of rotatable bonds is 2. The highest BCUT2D eigenvalue weighted by atomic mass is 19.1. The van der Waals surface area contributed by atoms with Crippen LogP contribution in [-0.2, 0) is 0 Å². The van der Waals surface area contributed by atoms with E-state index in [2.05, 4.69) is 10.3 Å². The van der Waals surface area contributed by atoms with Gasteiger partial charge < -0.3 is 5.32 Å². The van der Waals surface area contributed by atoms with Crippen molar-refractivity contribution in [2.24, 2.45) is 0 Å². The van der Waals surface area contributed by atoms with Crippen molar-refractivity contribution in [2.75, 3.05) is 7.05 Å². The molecule has 0 spiro atoms. The van der Waals surface area contributed by atoms with Gasteiger partial charge in [0.15, 0.2) is 0 Å². The highest BCUT2D eigenvalue weighted by Crippen LogP contribution is 2.33. The Morgan fingerprint density at radius 2 is 2.29 bits per heavy atom. The lowest BCUT2D eigenvalue weighted by atomic mass is 9.99. The van der Waals surface area contributed by atoms with E-state index < -0.39 is 0 Å². The molecular formula is C11H15FN2. The zero-order chi connectivity index (χ0) is 9.97. The average molecular weight is 194 g/mol. The molecule has 2 rings (SSSR count). The van der Waals surface area contributed by atoms with Crippen LogP contribution in [0.4, 0.5) is 4.39 Å². The summed E-state index contributed by atoms with van der Waals surface area (Å²) in [6.07, 6.45) is 6.45. The predicted octanol–water partition coefficient (Wildman–Crippen LogP) is 2.08. The van der Waals surface area contributed by atoms with Crippen LogP contribution in [0.1, 0.15) is 30.7 Å². The summed E-state index contributed by atoms with van der Waals surface area (Å²) >= 11 is 0. The van der Waals surface area contributed by atoms with Crippen LogP contribution >= 0.6 is 0 Å². The third-order valence-electron chi connectivity index (χ3n) is 3.04. The molecule has 1 N–H and O–H groups in total. The largest absolute Gasteiger partial charge is 0.317 e. The molecule has 0 saturated heterocycles. The van der Waals surface area contributed by atoms with Gasteiger partial charge in [0.05, 0.1) is 6.20 Å². The average Bonchev–Trinajstić information content (AvgIpc) is 2.66. The Hall–Kier alpha value is -0.960. The second-order valence-corrected chi connectivity index (χ2v) is 3.93. The van der Waals surface area contributed by atoms with Crippen LogP contribution in [0, 0.1) is 5.82 Å². The summed E-state index contributed by atoms with van der Waals surface area (Å²) in [5.41, 5.74) is 1.04. The molecule has 76 valence electrons. The first-order valence-electron chi connectivity index (χ1n) is 5.07. The van der Waals surface area contributed by atoms with Crippen molar-refractivity contribution in [1.29, 1.82) is 0 Å². The van der Waals surface area contributed by atoms with Gasteiger partial charge >= 0.3 is 0 Å². The highest BCUT2D eigenvalue weighted by Gasteiger charge is 2.24. The lowest BCUT2D eigenvalue weighted by Crippen LogP contribution is -2.21. The predicted molar refractivity (Wildman–Crippen MR) is 53.6 cm³/mol. The zero-order valence-corrected chi connectivity index (χ0v) is 8.33. The molecule has 0 radical (unpaired) electrons. The molecule has 1 aromatic rings. The molecule has 1 saturated carbocycles. The highest BCUT2D eigenvalue weighted by molar-refractivity contribution is 5.17. The maximum absolute atomic E-state index is 12.9. The van der Waals surface area contributed by atoms with Crippen LogP contribution in [0.15, 0.2) is 18.5 Å². The summed E-state index contributed by atoms with van der Waals surface area (Å²) in [4.78, 5) is 3.88. The maximum atomic E-state index is 12.9. The van der Waals surface area contributed by atoms with Crippen LogP contribution in [0.25, 0.3) is 0 Å². The topological polar surface area (TPSA) is 24.9 Å². The first kappa shape index (κ1) is 9.59. The number of aromatic nitrogens is 1. The van der Waals surface area contributed by atoms with E-state index in [4.69, 9.17) is 0 Å². The Labute approximate surface area is 83.6 Å². The Balaban J connectivity index is 2.09. The number of hydrogen-bond donors (Lipinski definition) is 1. The zero-order valence-electron chi connectivity index (χ0n) is 8.33. The van der Waals surface area contributed by atoms with Gasteiger partial charge in [0, 0.05) is 12.2 Å². The Kier molecular flexibility index (Phi) is 2.77. The molecule has 0 amide bonds. The SMILES string of the molecule is CNC1CCC(c2cncc(F)c2)C1. The monoisotopic (exact) mass is 194 g/mol. The van der Waals surface area contributed by atoms with Crippen molar-refractivity contribution in [2.45, 2.75) is 31.2 Å². The van der Waals surface area contributed by atoms with Gasteiger partial charge in [-0.2, -0.15) is 0 Å². The molecule has 0 aliphatic heterocycles. The molecule has 1 fully saturated rings. The molecule has 2 nitrogen and oxygen atoms in total. The van der Waals surface area contributed by atoms with Crippen molar-refractivity contribution >= 4 is 0 Å². The lowest BCUT2D eigenvalue weighted by molar-refractivity contribution is 0.568.